The van der Waals surface area contributed by atoms with Gasteiger partial charge in [-0.3, -0.25) is 10.1 Å². The molecular weight excluding hydrogens is 230 g/mol. The highest BCUT2D eigenvalue weighted by Crippen LogP contribution is 2.24. The van der Waals surface area contributed by atoms with E-state index >= 15 is 0 Å². The van der Waals surface area contributed by atoms with Crippen LogP contribution in [0.1, 0.15) is 26.3 Å². The highest BCUT2D eigenvalue weighted by atomic mass is 16.6. The van der Waals surface area contributed by atoms with Crippen LogP contribution >= 0.6 is 0 Å². The van der Waals surface area contributed by atoms with E-state index in [4.69, 9.17) is 5.26 Å². The fraction of sp³-hybridized carbons (Fsp3) is 0.462. The molecule has 0 heterocycles. The van der Waals surface area contributed by atoms with Crippen molar-refractivity contribution in [3.8, 4) is 6.07 Å². The lowest BCUT2D eigenvalue weighted by Crippen LogP contribution is -2.27. The smallest absolute Gasteiger partial charge is 0.287 e. The second kappa shape index (κ2) is 6.01. The average molecular weight is 247 g/mol. The molecule has 1 rings (SSSR count). The van der Waals surface area contributed by atoms with Crippen LogP contribution in [0.25, 0.3) is 0 Å². The van der Waals surface area contributed by atoms with Crippen molar-refractivity contribution >= 4 is 11.4 Å². The summed E-state index contributed by atoms with van der Waals surface area (Å²) in [7, 11) is 0. The number of anilines is 1. The second-order valence-corrected chi connectivity index (χ2v) is 4.50. The van der Waals surface area contributed by atoms with Gasteiger partial charge >= 0.3 is 0 Å². The molecule has 0 amide bonds. The maximum absolute atomic E-state index is 10.7. The maximum atomic E-state index is 10.7. The van der Waals surface area contributed by atoms with Crippen LogP contribution in [0.15, 0.2) is 18.2 Å². The first-order chi connectivity index (χ1) is 8.49. The Hall–Kier alpha value is -2.09. The molecule has 0 aliphatic rings. The third-order valence-corrected chi connectivity index (χ3v) is 2.63. The van der Waals surface area contributed by atoms with E-state index in [1.54, 1.807) is 12.1 Å². The summed E-state index contributed by atoms with van der Waals surface area (Å²) in [6.07, 6.45) is 0. The normalized spacial score (nSPS) is 10.2. The van der Waals surface area contributed by atoms with Gasteiger partial charge in [-0.25, -0.2) is 0 Å². The summed E-state index contributed by atoms with van der Waals surface area (Å²) in [6, 6.07) is 6.57. The first kappa shape index (κ1) is 14.0. The van der Waals surface area contributed by atoms with E-state index in [-0.39, 0.29) is 11.3 Å². The third kappa shape index (κ3) is 3.20. The minimum absolute atomic E-state index is 0.111. The first-order valence-electron chi connectivity index (χ1n) is 5.93. The molecule has 1 aromatic carbocycles. The molecule has 0 aliphatic heterocycles. The third-order valence-electron chi connectivity index (χ3n) is 2.63. The van der Waals surface area contributed by atoms with Crippen molar-refractivity contribution in [1.29, 1.82) is 5.26 Å². The van der Waals surface area contributed by atoms with E-state index < -0.39 is 4.92 Å². The van der Waals surface area contributed by atoms with Crippen molar-refractivity contribution in [3.05, 3.63) is 33.9 Å². The van der Waals surface area contributed by atoms with Gasteiger partial charge in [-0.15, -0.1) is 0 Å². The summed E-state index contributed by atoms with van der Waals surface area (Å²) in [6.45, 7) is 7.91. The summed E-state index contributed by atoms with van der Waals surface area (Å²) in [5.41, 5.74) is 0.829. The van der Waals surface area contributed by atoms with Crippen molar-refractivity contribution in [3.63, 3.8) is 0 Å². The van der Waals surface area contributed by atoms with Crippen molar-refractivity contribution in [2.45, 2.75) is 20.8 Å². The minimum Gasteiger partial charge on any atom is -0.372 e. The lowest BCUT2D eigenvalue weighted by molar-refractivity contribution is -0.385. The van der Waals surface area contributed by atoms with E-state index in [1.807, 2.05) is 13.0 Å². The summed E-state index contributed by atoms with van der Waals surface area (Å²) in [4.78, 5) is 12.3. The monoisotopic (exact) mass is 247 g/mol. The summed E-state index contributed by atoms with van der Waals surface area (Å²) >= 11 is 0. The van der Waals surface area contributed by atoms with Gasteiger partial charge in [-0.05, 0) is 25.0 Å². The van der Waals surface area contributed by atoms with Gasteiger partial charge in [0.05, 0.1) is 4.92 Å². The lowest BCUT2D eigenvalue weighted by Gasteiger charge is -2.25. The van der Waals surface area contributed by atoms with Crippen molar-refractivity contribution in [1.82, 2.24) is 0 Å². The van der Waals surface area contributed by atoms with Crippen LogP contribution in [-0.2, 0) is 0 Å². The van der Waals surface area contributed by atoms with Gasteiger partial charge in [0.25, 0.3) is 5.69 Å². The predicted molar refractivity (Wildman–Crippen MR) is 70.5 cm³/mol. The largest absolute Gasteiger partial charge is 0.372 e. The molecule has 0 saturated heterocycles. The molecule has 0 fully saturated rings. The topological polar surface area (TPSA) is 70.2 Å². The fourth-order valence-electron chi connectivity index (χ4n) is 1.83. The van der Waals surface area contributed by atoms with Crippen molar-refractivity contribution < 1.29 is 4.92 Å². The molecule has 18 heavy (non-hydrogen) atoms. The van der Waals surface area contributed by atoms with Crippen LogP contribution in [0.3, 0.4) is 0 Å². The van der Waals surface area contributed by atoms with Crippen LogP contribution < -0.4 is 4.90 Å². The van der Waals surface area contributed by atoms with Crippen molar-refractivity contribution in [2.24, 2.45) is 5.92 Å². The van der Waals surface area contributed by atoms with Gasteiger partial charge in [0.1, 0.15) is 11.6 Å². The first-order valence-corrected chi connectivity index (χ1v) is 5.93. The standard InChI is InChI=1S/C13H17N3O2/c1-4-15(9-10(2)3)12-5-6-13(16(17)18)11(7-12)8-14/h5-7,10H,4,9H2,1-3H3. The molecule has 0 N–H and O–H groups in total. The highest BCUT2D eigenvalue weighted by molar-refractivity contribution is 5.59. The SMILES string of the molecule is CCN(CC(C)C)c1ccc([N+](=O)[O-])c(C#N)c1. The lowest BCUT2D eigenvalue weighted by atomic mass is 10.1. The number of hydrogen-bond donors (Lipinski definition) is 0. The number of nitrogens with zero attached hydrogens (tertiary/aromatic N) is 3. The number of nitriles is 1. The molecule has 96 valence electrons. The Kier molecular flexibility index (Phi) is 4.67. The van der Waals surface area contributed by atoms with Crippen molar-refractivity contribution in [2.75, 3.05) is 18.0 Å². The van der Waals surface area contributed by atoms with E-state index in [0.717, 1.165) is 18.8 Å². The van der Waals surface area contributed by atoms with Crippen LogP contribution in [0.2, 0.25) is 0 Å². The van der Waals surface area contributed by atoms with Crippen LogP contribution in [0, 0.1) is 27.4 Å². The van der Waals surface area contributed by atoms with Gasteiger partial charge in [-0.2, -0.15) is 5.26 Å². The zero-order chi connectivity index (χ0) is 13.7. The van der Waals surface area contributed by atoms with Crippen LogP contribution in [0.4, 0.5) is 11.4 Å². The molecule has 0 aliphatic carbocycles. The van der Waals surface area contributed by atoms with Gasteiger partial charge < -0.3 is 4.90 Å². The molecule has 5 nitrogen and oxygen atoms in total. The highest BCUT2D eigenvalue weighted by Gasteiger charge is 2.16. The van der Waals surface area contributed by atoms with E-state index in [0.29, 0.717) is 5.92 Å². The summed E-state index contributed by atoms with van der Waals surface area (Å²) < 4.78 is 0. The molecule has 0 saturated carbocycles. The maximum Gasteiger partial charge on any atom is 0.287 e. The molecule has 0 spiro atoms. The van der Waals surface area contributed by atoms with E-state index in [2.05, 4.69) is 18.7 Å². The van der Waals surface area contributed by atoms with E-state index in [9.17, 15) is 10.1 Å². The molecule has 0 atom stereocenters. The van der Waals surface area contributed by atoms with Crippen LogP contribution in [-0.4, -0.2) is 18.0 Å². The summed E-state index contributed by atoms with van der Waals surface area (Å²) in [5.74, 6) is 0.491. The zero-order valence-electron chi connectivity index (χ0n) is 10.9. The number of benzene rings is 1. The molecule has 0 bridgehead atoms. The number of hydrogen-bond acceptors (Lipinski definition) is 4. The molecular formula is C13H17N3O2. The molecule has 0 radical (unpaired) electrons. The Bertz CT molecular complexity index is 478. The Morgan fingerprint density at radius 2 is 2.17 bits per heavy atom. The molecule has 1 aromatic rings. The van der Waals surface area contributed by atoms with Gasteiger partial charge in [-0.1, -0.05) is 13.8 Å². The fourth-order valence-corrected chi connectivity index (χ4v) is 1.83. The molecule has 0 unspecified atom stereocenters. The minimum atomic E-state index is -0.527. The Morgan fingerprint density at radius 1 is 1.50 bits per heavy atom. The zero-order valence-corrected chi connectivity index (χ0v) is 10.9. The van der Waals surface area contributed by atoms with Gasteiger partial charge in [0, 0.05) is 24.8 Å². The number of nitro benzene ring substituents is 1. The Balaban J connectivity index is 3.11. The average Bonchev–Trinajstić information content (AvgIpc) is 2.34. The number of nitro groups is 1. The Labute approximate surface area is 107 Å². The predicted octanol–water partition coefficient (Wildman–Crippen LogP) is 2.95. The second-order valence-electron chi connectivity index (χ2n) is 4.50. The van der Waals surface area contributed by atoms with E-state index in [1.165, 1.54) is 6.07 Å². The quantitative estimate of drug-likeness (QED) is 0.592. The summed E-state index contributed by atoms with van der Waals surface area (Å²) in [5, 5.41) is 19.7. The van der Waals surface area contributed by atoms with Gasteiger partial charge in [0.15, 0.2) is 0 Å². The number of rotatable bonds is 5. The Morgan fingerprint density at radius 3 is 2.61 bits per heavy atom. The van der Waals surface area contributed by atoms with Crippen LogP contribution in [0.5, 0.6) is 0 Å². The molecule has 5 heteroatoms. The molecule has 0 aromatic heterocycles. The van der Waals surface area contributed by atoms with Gasteiger partial charge in [0.2, 0.25) is 0 Å².